The molecule has 0 saturated carbocycles. The zero-order chi connectivity index (χ0) is 50.1. The van der Waals surface area contributed by atoms with Gasteiger partial charge in [0.15, 0.2) is 0 Å². The van der Waals surface area contributed by atoms with Gasteiger partial charge in [-0.15, -0.1) is 53.8 Å². The summed E-state index contributed by atoms with van der Waals surface area (Å²) in [6.07, 6.45) is 6.22. The molecule has 370 valence electrons. The van der Waals surface area contributed by atoms with Crippen molar-refractivity contribution in [3.63, 3.8) is 0 Å². The van der Waals surface area contributed by atoms with Crippen LogP contribution in [0.5, 0.6) is 11.5 Å². The minimum absolute atomic E-state index is 0. The number of benzene rings is 6. The normalized spacial score (nSPS) is 13.5. The van der Waals surface area contributed by atoms with Crippen molar-refractivity contribution in [2.45, 2.75) is 137 Å². The van der Waals surface area contributed by atoms with Crippen LogP contribution in [0.4, 0.5) is 11.4 Å². The van der Waals surface area contributed by atoms with Gasteiger partial charge < -0.3 is 19.1 Å². The van der Waals surface area contributed by atoms with Gasteiger partial charge in [0.1, 0.15) is 5.82 Å². The summed E-state index contributed by atoms with van der Waals surface area (Å²) in [5.41, 5.74) is 14.7. The zero-order valence-electron chi connectivity index (χ0n) is 44.5. The van der Waals surface area contributed by atoms with Crippen LogP contribution < -0.4 is 14.5 Å². The van der Waals surface area contributed by atoms with E-state index in [-0.39, 0.29) is 42.7 Å². The second-order valence-electron chi connectivity index (χ2n) is 23.6. The number of hydrogen-bond donors (Lipinski definition) is 0. The van der Waals surface area contributed by atoms with Gasteiger partial charge in [0.25, 0.3) is 0 Å². The minimum atomic E-state index is -0.223. The first kappa shape index (κ1) is 51.5. The molecule has 8 aromatic rings. The molecule has 3 heterocycles. The van der Waals surface area contributed by atoms with Crippen LogP contribution in [0.15, 0.2) is 140 Å². The number of aromatic nitrogens is 2. The minimum Gasteiger partial charge on any atom is -0.509 e. The number of para-hydroxylation sites is 1. The number of fused-ring (bicyclic) bond motifs is 3. The number of ether oxygens (including phenoxy) is 1. The Morgan fingerprint density at radius 3 is 1.83 bits per heavy atom. The molecule has 0 spiro atoms. The quantitative estimate of drug-likeness (QED) is 0.128. The number of rotatable bonds is 10. The molecule has 0 N–H and O–H groups in total. The maximum absolute atomic E-state index is 7.19. The summed E-state index contributed by atoms with van der Waals surface area (Å²) in [6.45, 7) is 36.4. The molecule has 5 nitrogen and oxygen atoms in total. The third-order valence-electron chi connectivity index (χ3n) is 14.2. The molecule has 0 aliphatic carbocycles. The first-order valence-corrected chi connectivity index (χ1v) is 25.2. The van der Waals surface area contributed by atoms with Gasteiger partial charge in [0.05, 0.1) is 0 Å². The van der Waals surface area contributed by atoms with Crippen molar-refractivity contribution < 1.29 is 25.8 Å². The van der Waals surface area contributed by atoms with Crippen LogP contribution in [-0.2, 0) is 42.7 Å². The van der Waals surface area contributed by atoms with Gasteiger partial charge in [-0.2, -0.15) is 0 Å². The SMILES string of the molecule is CC(C)c1cccc(C(C)C)c1-c1cc(Oc2[c-]c3c(c(C(C)(C)C)c2)c2ccccc2n3-c2cc(C(C)(C)C)ccn2)[c-]c(N2C=CN(c3cc(C(C)(C)C)cc(C(C)(C)c4ccccc4)c3)[CH-]2)c1.[Pt]. The van der Waals surface area contributed by atoms with E-state index in [1.807, 2.05) is 6.20 Å². The molecule has 1 aliphatic rings. The molecule has 0 amide bonds. The van der Waals surface area contributed by atoms with Crippen molar-refractivity contribution in [1.29, 1.82) is 0 Å². The predicted octanol–water partition coefficient (Wildman–Crippen LogP) is 17.6. The monoisotopic (exact) mass is 1120 g/mol. The molecule has 2 aromatic heterocycles. The molecule has 0 radical (unpaired) electrons. The van der Waals surface area contributed by atoms with Gasteiger partial charge >= 0.3 is 0 Å². The molecule has 9 rings (SSSR count). The van der Waals surface area contributed by atoms with Gasteiger partial charge in [-0.3, -0.25) is 0 Å². The van der Waals surface area contributed by atoms with Crippen LogP contribution in [0.1, 0.15) is 155 Å². The maximum Gasteiger partial charge on any atom is 0.135 e. The smallest absolute Gasteiger partial charge is 0.135 e. The van der Waals surface area contributed by atoms with Gasteiger partial charge in [-0.05, 0) is 115 Å². The number of pyridine rings is 1. The van der Waals surface area contributed by atoms with Crippen molar-refractivity contribution in [2.75, 3.05) is 9.80 Å². The number of nitrogens with zero attached hydrogens (tertiary/aromatic N) is 4. The molecule has 71 heavy (non-hydrogen) atoms. The average Bonchev–Trinajstić information content (AvgIpc) is 3.94. The summed E-state index contributed by atoms with van der Waals surface area (Å²) in [7, 11) is 0. The Bertz CT molecular complexity index is 3240. The Hall–Kier alpha value is -5.90. The average molecular weight is 1120 g/mol. The molecular formula is C65H71N4OPt-3. The number of hydrogen-bond acceptors (Lipinski definition) is 4. The summed E-state index contributed by atoms with van der Waals surface area (Å²) in [6, 6.07) is 51.9. The van der Waals surface area contributed by atoms with E-state index >= 15 is 0 Å². The van der Waals surface area contributed by atoms with E-state index in [9.17, 15) is 0 Å². The van der Waals surface area contributed by atoms with Crippen molar-refractivity contribution >= 4 is 33.2 Å². The fourth-order valence-electron chi connectivity index (χ4n) is 9.97. The Labute approximate surface area is 439 Å². The van der Waals surface area contributed by atoms with Crippen LogP contribution in [-0.4, -0.2) is 9.55 Å². The van der Waals surface area contributed by atoms with E-state index < -0.39 is 0 Å². The molecule has 0 bridgehead atoms. The van der Waals surface area contributed by atoms with Crippen LogP contribution in [0.3, 0.4) is 0 Å². The molecular weight excluding hydrogens is 1050 g/mol. The Balaban J connectivity index is 0.00000676. The second kappa shape index (κ2) is 19.3. The maximum atomic E-state index is 7.19. The third-order valence-corrected chi connectivity index (χ3v) is 14.2. The van der Waals surface area contributed by atoms with E-state index in [0.717, 1.165) is 39.2 Å². The molecule has 6 aromatic carbocycles. The summed E-state index contributed by atoms with van der Waals surface area (Å²) < 4.78 is 9.45. The van der Waals surface area contributed by atoms with Crippen LogP contribution in [0.2, 0.25) is 0 Å². The molecule has 0 fully saturated rings. The van der Waals surface area contributed by atoms with Crippen LogP contribution in [0, 0.1) is 18.8 Å². The molecule has 0 atom stereocenters. The van der Waals surface area contributed by atoms with Crippen molar-refractivity contribution in [1.82, 2.24) is 9.55 Å². The van der Waals surface area contributed by atoms with E-state index in [4.69, 9.17) is 9.72 Å². The largest absolute Gasteiger partial charge is 0.509 e. The van der Waals surface area contributed by atoms with Gasteiger partial charge in [-0.25, -0.2) is 4.98 Å². The summed E-state index contributed by atoms with van der Waals surface area (Å²) in [5.74, 6) is 2.72. The van der Waals surface area contributed by atoms with E-state index in [0.29, 0.717) is 23.3 Å². The fourth-order valence-corrected chi connectivity index (χ4v) is 9.97. The summed E-state index contributed by atoms with van der Waals surface area (Å²) >= 11 is 0. The molecule has 0 unspecified atom stereocenters. The Kier molecular flexibility index (Phi) is 14.0. The van der Waals surface area contributed by atoms with E-state index in [2.05, 4.69) is 271 Å². The van der Waals surface area contributed by atoms with Gasteiger partial charge in [0.2, 0.25) is 0 Å². The van der Waals surface area contributed by atoms with Crippen molar-refractivity contribution in [2.24, 2.45) is 0 Å². The molecule has 1 aliphatic heterocycles. The predicted molar refractivity (Wildman–Crippen MR) is 296 cm³/mol. The summed E-state index contributed by atoms with van der Waals surface area (Å²) in [5, 5.41) is 2.33. The second-order valence-corrected chi connectivity index (χ2v) is 23.6. The Morgan fingerprint density at radius 2 is 1.18 bits per heavy atom. The van der Waals surface area contributed by atoms with Crippen molar-refractivity contribution in [3.8, 4) is 28.4 Å². The fraction of sp³-hybridized carbons (Fsp3) is 0.323. The first-order chi connectivity index (χ1) is 33.0. The van der Waals surface area contributed by atoms with Gasteiger partial charge in [0, 0.05) is 55.4 Å². The molecule has 6 heteroatoms. The van der Waals surface area contributed by atoms with Crippen LogP contribution in [0.25, 0.3) is 38.8 Å². The van der Waals surface area contributed by atoms with Gasteiger partial charge in [-0.1, -0.05) is 188 Å². The number of anilines is 2. The summed E-state index contributed by atoms with van der Waals surface area (Å²) in [4.78, 5) is 9.41. The third kappa shape index (κ3) is 10.1. The first-order valence-electron chi connectivity index (χ1n) is 25.2. The standard InChI is InChI=1S/C65H71N4O.Pt/c1-42(2)53-25-21-26-54(43(3)4)60(53)44-32-49(67-30-31-68(41-67)50-35-47(63(8,9)10)34-48(36-50)65(14,15)45-22-17-16-18-23-45)38-51(33-44)70-52-39-56(64(11,12)13)61-55-24-19-20-27-57(55)69(58(61)40-52)59-37-46(28-29-66-59)62(5,6)7;/h16-37,39,41-43H,1-15H3;/q-3;. The van der Waals surface area contributed by atoms with Crippen LogP contribution >= 0.6 is 0 Å². The topological polar surface area (TPSA) is 33.5 Å². The van der Waals surface area contributed by atoms with E-state index in [1.165, 1.54) is 49.9 Å². The van der Waals surface area contributed by atoms with Crippen molar-refractivity contribution in [3.05, 3.63) is 198 Å². The zero-order valence-corrected chi connectivity index (χ0v) is 46.8. The Morgan fingerprint density at radius 1 is 0.563 bits per heavy atom. The molecule has 0 saturated heterocycles. The van der Waals surface area contributed by atoms with E-state index in [1.54, 1.807) is 0 Å².